The van der Waals surface area contributed by atoms with Crippen LogP contribution in [0, 0.1) is 19.4 Å². The van der Waals surface area contributed by atoms with Crippen LogP contribution in [-0.2, 0) is 14.3 Å². The molecule has 0 aliphatic heterocycles. The molecule has 2 rings (SSSR count). The molecule has 7 nitrogen and oxygen atoms in total. The number of amides is 3. The van der Waals surface area contributed by atoms with Gasteiger partial charge in [0.2, 0.25) is 5.91 Å². The van der Waals surface area contributed by atoms with Crippen LogP contribution in [0.1, 0.15) is 76.5 Å². The summed E-state index contributed by atoms with van der Waals surface area (Å²) in [6, 6.07) is 7.98. The lowest BCUT2D eigenvalue weighted by Gasteiger charge is -2.32. The Hall–Kier alpha value is -2.66. The lowest BCUT2D eigenvalue weighted by Crippen LogP contribution is -2.52. The van der Waals surface area contributed by atoms with Crippen LogP contribution >= 0.6 is 11.8 Å². The Morgan fingerprint density at radius 2 is 1.86 bits per heavy atom. The van der Waals surface area contributed by atoms with Crippen LogP contribution in [0.25, 0.3) is 0 Å². The Kier molecular flexibility index (Phi) is 11.0. The molecule has 3 amide bonds. The van der Waals surface area contributed by atoms with Crippen molar-refractivity contribution in [2.45, 2.75) is 89.9 Å². The van der Waals surface area contributed by atoms with E-state index in [0.717, 1.165) is 42.6 Å². The van der Waals surface area contributed by atoms with Crippen molar-refractivity contribution >= 4 is 29.7 Å². The third-order valence-electron chi connectivity index (χ3n) is 5.92. The molecule has 35 heavy (non-hydrogen) atoms. The van der Waals surface area contributed by atoms with Crippen molar-refractivity contribution in [1.82, 2.24) is 15.5 Å². The van der Waals surface area contributed by atoms with Gasteiger partial charge in [0, 0.05) is 12.1 Å². The Bertz CT molecular complexity index is 916. The highest BCUT2D eigenvalue weighted by molar-refractivity contribution is 7.98. The van der Waals surface area contributed by atoms with Gasteiger partial charge in [0.25, 0.3) is 5.91 Å². The van der Waals surface area contributed by atoms with Gasteiger partial charge in [-0.05, 0) is 70.1 Å². The van der Waals surface area contributed by atoms with Crippen LogP contribution < -0.4 is 10.6 Å². The normalized spacial score (nSPS) is 15.9. The summed E-state index contributed by atoms with van der Waals surface area (Å²) in [5, 5.41) is 5.79. The molecule has 1 aliphatic rings. The minimum atomic E-state index is -1.01. The maximum Gasteiger partial charge on any atom is 0.408 e. The van der Waals surface area contributed by atoms with Gasteiger partial charge >= 0.3 is 6.09 Å². The molecule has 2 atom stereocenters. The Labute approximate surface area is 214 Å². The van der Waals surface area contributed by atoms with Crippen LogP contribution in [0.4, 0.5) is 4.79 Å². The van der Waals surface area contributed by atoms with Crippen molar-refractivity contribution in [2.75, 3.05) is 12.0 Å². The Balaban J connectivity index is 2.37. The minimum Gasteiger partial charge on any atom is -0.444 e. The van der Waals surface area contributed by atoms with Gasteiger partial charge in [-0.2, -0.15) is 11.8 Å². The number of thioether (sulfide) groups is 1. The van der Waals surface area contributed by atoms with Crippen LogP contribution in [0.3, 0.4) is 0 Å². The first kappa shape index (κ1) is 28.6. The molecular formula is C27H39N3O4S. The molecule has 1 aliphatic carbocycles. The molecule has 0 spiro atoms. The average Bonchev–Trinajstić information content (AvgIpc) is 2.79. The molecule has 0 heterocycles. The van der Waals surface area contributed by atoms with Crippen LogP contribution in [0.2, 0.25) is 0 Å². The fraction of sp³-hybridized carbons (Fsp3) is 0.593. The van der Waals surface area contributed by atoms with E-state index in [-0.39, 0.29) is 11.9 Å². The fourth-order valence-corrected chi connectivity index (χ4v) is 4.67. The van der Waals surface area contributed by atoms with E-state index in [2.05, 4.69) is 16.7 Å². The predicted molar refractivity (Wildman–Crippen MR) is 141 cm³/mol. The fourth-order valence-electron chi connectivity index (χ4n) is 4.19. The summed E-state index contributed by atoms with van der Waals surface area (Å²) in [6.07, 6.45) is 12.5. The maximum absolute atomic E-state index is 13.7. The highest BCUT2D eigenvalue weighted by Crippen LogP contribution is 2.27. The standard InChI is InChI=1S/C27H39N3O4S/c1-7-30(25(32)22(17-18-35-6)29-26(33)34-27(3,4)5)23(21-16-12-11-13-19(21)2)24(31)28-20-14-9-8-10-15-20/h1,11-13,16,20,22-23H,8-10,14-15,17-18H2,2-6H3,(H,28,31)(H,29,33). The number of nitrogens with one attached hydrogen (secondary N) is 2. The summed E-state index contributed by atoms with van der Waals surface area (Å²) in [6.45, 7) is 7.15. The number of hydrogen-bond donors (Lipinski definition) is 2. The number of aryl methyl sites for hydroxylation is 1. The number of alkyl carbamates (subject to hydrolysis) is 1. The molecule has 1 saturated carbocycles. The number of ether oxygens (including phenoxy) is 1. The maximum atomic E-state index is 13.7. The van der Waals surface area contributed by atoms with Crippen LogP contribution in [-0.4, -0.2) is 52.5 Å². The zero-order valence-corrected chi connectivity index (χ0v) is 22.4. The van der Waals surface area contributed by atoms with Crippen LogP contribution in [0.5, 0.6) is 0 Å². The summed E-state index contributed by atoms with van der Waals surface area (Å²) in [5.41, 5.74) is 0.796. The van der Waals surface area contributed by atoms with Gasteiger partial charge < -0.3 is 15.4 Å². The van der Waals surface area contributed by atoms with E-state index in [1.54, 1.807) is 32.5 Å². The van der Waals surface area contributed by atoms with E-state index in [0.29, 0.717) is 17.7 Å². The summed E-state index contributed by atoms with van der Waals surface area (Å²) >= 11 is 1.55. The predicted octanol–water partition coefficient (Wildman–Crippen LogP) is 4.55. The number of carbonyl (C=O) groups is 3. The zero-order valence-electron chi connectivity index (χ0n) is 21.6. The smallest absolute Gasteiger partial charge is 0.408 e. The molecule has 1 fully saturated rings. The molecule has 0 aromatic heterocycles. The van der Waals surface area contributed by atoms with E-state index in [1.165, 1.54) is 0 Å². The monoisotopic (exact) mass is 501 g/mol. The Morgan fingerprint density at radius 3 is 2.43 bits per heavy atom. The second kappa shape index (κ2) is 13.4. The lowest BCUT2D eigenvalue weighted by molar-refractivity contribution is -0.139. The van der Waals surface area contributed by atoms with Gasteiger partial charge in [-0.15, -0.1) is 0 Å². The molecule has 0 saturated heterocycles. The molecule has 0 radical (unpaired) electrons. The number of hydrogen-bond acceptors (Lipinski definition) is 5. The highest BCUT2D eigenvalue weighted by atomic mass is 32.2. The van der Waals surface area contributed by atoms with E-state index in [1.807, 2.05) is 37.4 Å². The van der Waals surface area contributed by atoms with Gasteiger partial charge in [-0.3, -0.25) is 14.5 Å². The molecule has 2 unspecified atom stereocenters. The number of nitrogens with zero attached hydrogens (tertiary/aromatic N) is 1. The quantitative estimate of drug-likeness (QED) is 0.383. The minimum absolute atomic E-state index is 0.0599. The first-order valence-electron chi connectivity index (χ1n) is 12.2. The summed E-state index contributed by atoms with van der Waals surface area (Å²) < 4.78 is 5.37. The van der Waals surface area contributed by atoms with Crippen molar-refractivity contribution in [1.29, 1.82) is 0 Å². The molecular weight excluding hydrogens is 462 g/mol. The lowest BCUT2D eigenvalue weighted by atomic mass is 9.94. The van der Waals surface area contributed by atoms with Crippen molar-refractivity contribution in [2.24, 2.45) is 0 Å². The van der Waals surface area contributed by atoms with E-state index in [4.69, 9.17) is 11.2 Å². The van der Waals surface area contributed by atoms with Crippen LogP contribution in [0.15, 0.2) is 24.3 Å². The third kappa shape index (κ3) is 8.81. The van der Waals surface area contributed by atoms with E-state index < -0.39 is 29.7 Å². The average molecular weight is 502 g/mol. The second-order valence-electron chi connectivity index (χ2n) is 9.92. The van der Waals surface area contributed by atoms with Gasteiger partial charge in [-0.25, -0.2) is 4.79 Å². The molecule has 0 bridgehead atoms. The van der Waals surface area contributed by atoms with Crippen molar-refractivity contribution in [3.8, 4) is 12.5 Å². The first-order valence-corrected chi connectivity index (χ1v) is 13.6. The van der Waals surface area contributed by atoms with Gasteiger partial charge in [0.05, 0.1) is 0 Å². The van der Waals surface area contributed by atoms with Gasteiger partial charge in [0.15, 0.2) is 0 Å². The third-order valence-corrected chi connectivity index (χ3v) is 6.56. The van der Waals surface area contributed by atoms with Crippen molar-refractivity contribution in [3.05, 3.63) is 35.4 Å². The van der Waals surface area contributed by atoms with Crippen molar-refractivity contribution in [3.63, 3.8) is 0 Å². The molecule has 192 valence electrons. The Morgan fingerprint density at radius 1 is 1.20 bits per heavy atom. The highest BCUT2D eigenvalue weighted by Gasteiger charge is 2.37. The van der Waals surface area contributed by atoms with E-state index >= 15 is 0 Å². The first-order chi connectivity index (χ1) is 16.6. The van der Waals surface area contributed by atoms with E-state index in [9.17, 15) is 14.4 Å². The number of terminal acetylenes is 1. The molecule has 1 aromatic carbocycles. The second-order valence-corrected chi connectivity index (χ2v) is 10.9. The molecule has 8 heteroatoms. The number of rotatable bonds is 9. The van der Waals surface area contributed by atoms with Gasteiger partial charge in [0.1, 0.15) is 17.7 Å². The number of carbonyl (C=O) groups excluding carboxylic acids is 3. The molecule has 1 aromatic rings. The molecule has 2 N–H and O–H groups in total. The largest absolute Gasteiger partial charge is 0.444 e. The summed E-state index contributed by atoms with van der Waals surface area (Å²) in [4.78, 5) is 41.0. The topological polar surface area (TPSA) is 87.7 Å². The van der Waals surface area contributed by atoms with Gasteiger partial charge in [-0.1, -0.05) is 50.0 Å². The SMILES string of the molecule is C#CN(C(=O)C(CCSC)NC(=O)OC(C)(C)C)C(C(=O)NC1CCCCC1)c1ccccc1C. The summed E-state index contributed by atoms with van der Waals surface area (Å²) in [5.74, 6) is -0.202. The number of benzene rings is 1. The summed E-state index contributed by atoms with van der Waals surface area (Å²) in [7, 11) is 0. The van der Waals surface area contributed by atoms with Crippen molar-refractivity contribution < 1.29 is 19.1 Å². The zero-order chi connectivity index (χ0) is 26.0.